The van der Waals surface area contributed by atoms with Gasteiger partial charge in [0.05, 0.1) is 16.9 Å². The molecule has 102 valence electrons. The van der Waals surface area contributed by atoms with Crippen molar-refractivity contribution in [3.8, 4) is 0 Å². The monoisotopic (exact) mass is 269 g/mol. The van der Waals surface area contributed by atoms with Crippen LogP contribution >= 0.6 is 11.6 Å². The third-order valence-electron chi connectivity index (χ3n) is 3.93. The molecule has 0 bridgehead atoms. The van der Waals surface area contributed by atoms with Crippen LogP contribution in [0.1, 0.15) is 57.1 Å². The molecule has 1 aliphatic rings. The lowest BCUT2D eigenvalue weighted by Gasteiger charge is -2.21. The lowest BCUT2D eigenvalue weighted by Crippen LogP contribution is -2.30. The van der Waals surface area contributed by atoms with E-state index in [1.165, 1.54) is 44.2 Å². The van der Waals surface area contributed by atoms with Crippen LogP contribution in [-0.2, 0) is 7.05 Å². The SMILES string of the molecule is CCCNC1CCCCC(c2c(Cl)cnn2C)C1. The maximum absolute atomic E-state index is 6.28. The van der Waals surface area contributed by atoms with E-state index in [0.717, 1.165) is 11.6 Å². The van der Waals surface area contributed by atoms with Gasteiger partial charge >= 0.3 is 0 Å². The summed E-state index contributed by atoms with van der Waals surface area (Å²) in [4.78, 5) is 0. The lowest BCUT2D eigenvalue weighted by molar-refractivity contribution is 0.430. The molecule has 1 heterocycles. The molecule has 0 aliphatic heterocycles. The summed E-state index contributed by atoms with van der Waals surface area (Å²) in [5.41, 5.74) is 1.22. The van der Waals surface area contributed by atoms with Crippen LogP contribution in [0.25, 0.3) is 0 Å². The number of aryl methyl sites for hydroxylation is 1. The fourth-order valence-electron chi connectivity index (χ4n) is 3.02. The molecule has 18 heavy (non-hydrogen) atoms. The van der Waals surface area contributed by atoms with Crippen LogP contribution in [0, 0.1) is 0 Å². The Morgan fingerprint density at radius 2 is 2.22 bits per heavy atom. The van der Waals surface area contributed by atoms with Gasteiger partial charge in [0.1, 0.15) is 0 Å². The first-order chi connectivity index (χ1) is 8.72. The Labute approximate surface area is 115 Å². The minimum Gasteiger partial charge on any atom is -0.314 e. The van der Waals surface area contributed by atoms with Crippen molar-refractivity contribution in [3.63, 3.8) is 0 Å². The van der Waals surface area contributed by atoms with Crippen molar-refractivity contribution in [1.29, 1.82) is 0 Å². The number of nitrogens with one attached hydrogen (secondary N) is 1. The molecule has 1 aliphatic carbocycles. The van der Waals surface area contributed by atoms with E-state index in [0.29, 0.717) is 12.0 Å². The molecule has 1 aromatic heterocycles. The maximum atomic E-state index is 6.28. The van der Waals surface area contributed by atoms with Gasteiger partial charge in [-0.15, -0.1) is 0 Å². The van der Waals surface area contributed by atoms with Crippen LogP contribution < -0.4 is 5.32 Å². The molecule has 0 spiro atoms. The molecule has 2 unspecified atom stereocenters. The number of aromatic nitrogens is 2. The van der Waals surface area contributed by atoms with Crippen LogP contribution in [0.5, 0.6) is 0 Å². The van der Waals surface area contributed by atoms with E-state index in [1.807, 2.05) is 11.7 Å². The van der Waals surface area contributed by atoms with E-state index < -0.39 is 0 Å². The smallest absolute Gasteiger partial charge is 0.0820 e. The highest BCUT2D eigenvalue weighted by Crippen LogP contribution is 2.35. The van der Waals surface area contributed by atoms with Crippen molar-refractivity contribution >= 4 is 11.6 Å². The molecule has 2 rings (SSSR count). The van der Waals surface area contributed by atoms with Crippen LogP contribution in [0.15, 0.2) is 6.20 Å². The Kier molecular flexibility index (Phi) is 5.07. The first-order valence-electron chi connectivity index (χ1n) is 7.13. The fourth-order valence-corrected chi connectivity index (χ4v) is 3.34. The van der Waals surface area contributed by atoms with Crippen molar-refractivity contribution in [2.75, 3.05) is 6.54 Å². The van der Waals surface area contributed by atoms with Crippen LogP contribution in [-0.4, -0.2) is 22.4 Å². The summed E-state index contributed by atoms with van der Waals surface area (Å²) in [6.45, 7) is 3.34. The van der Waals surface area contributed by atoms with Gasteiger partial charge in [0, 0.05) is 19.0 Å². The van der Waals surface area contributed by atoms with Gasteiger partial charge in [0.2, 0.25) is 0 Å². The summed E-state index contributed by atoms with van der Waals surface area (Å²) >= 11 is 6.28. The van der Waals surface area contributed by atoms with Crippen molar-refractivity contribution in [2.45, 2.75) is 57.4 Å². The molecule has 0 amide bonds. The lowest BCUT2D eigenvalue weighted by atomic mass is 9.94. The highest BCUT2D eigenvalue weighted by molar-refractivity contribution is 6.31. The van der Waals surface area contributed by atoms with E-state index in [4.69, 9.17) is 11.6 Å². The van der Waals surface area contributed by atoms with Gasteiger partial charge in [0.25, 0.3) is 0 Å². The van der Waals surface area contributed by atoms with E-state index in [9.17, 15) is 0 Å². The summed E-state index contributed by atoms with van der Waals surface area (Å²) in [7, 11) is 2.00. The number of halogens is 1. The number of rotatable bonds is 4. The highest BCUT2D eigenvalue weighted by atomic mass is 35.5. The summed E-state index contributed by atoms with van der Waals surface area (Å²) in [6.07, 6.45) is 9.34. The normalized spacial score (nSPS) is 25.1. The largest absolute Gasteiger partial charge is 0.314 e. The van der Waals surface area contributed by atoms with Crippen molar-refractivity contribution in [2.24, 2.45) is 7.05 Å². The van der Waals surface area contributed by atoms with Crippen LogP contribution in [0.3, 0.4) is 0 Å². The molecule has 0 saturated heterocycles. The molecule has 4 heteroatoms. The second kappa shape index (κ2) is 6.58. The van der Waals surface area contributed by atoms with E-state index in [2.05, 4.69) is 17.3 Å². The third-order valence-corrected chi connectivity index (χ3v) is 4.22. The zero-order valence-corrected chi connectivity index (χ0v) is 12.2. The van der Waals surface area contributed by atoms with Crippen LogP contribution in [0.2, 0.25) is 5.02 Å². The third kappa shape index (κ3) is 3.27. The molecular formula is C14H24ClN3. The quantitative estimate of drug-likeness (QED) is 0.848. The predicted octanol–water partition coefficient (Wildman–Crippen LogP) is 3.49. The number of nitrogens with zero attached hydrogens (tertiary/aromatic N) is 2. The van der Waals surface area contributed by atoms with Gasteiger partial charge in [-0.3, -0.25) is 4.68 Å². The molecule has 1 N–H and O–H groups in total. The van der Waals surface area contributed by atoms with Crippen molar-refractivity contribution in [1.82, 2.24) is 15.1 Å². The molecule has 1 saturated carbocycles. The van der Waals surface area contributed by atoms with Gasteiger partial charge in [0.15, 0.2) is 0 Å². The van der Waals surface area contributed by atoms with Crippen molar-refractivity contribution in [3.05, 3.63) is 16.9 Å². The summed E-state index contributed by atoms with van der Waals surface area (Å²) in [6, 6.07) is 0.642. The first kappa shape index (κ1) is 13.9. The zero-order valence-electron chi connectivity index (χ0n) is 11.5. The average Bonchev–Trinajstić information content (AvgIpc) is 2.57. The van der Waals surface area contributed by atoms with Gasteiger partial charge in [-0.2, -0.15) is 5.10 Å². The molecule has 1 fully saturated rings. The summed E-state index contributed by atoms with van der Waals surface area (Å²) in [5, 5.41) is 8.77. The molecule has 0 aromatic carbocycles. The number of hydrogen-bond acceptors (Lipinski definition) is 2. The Hall–Kier alpha value is -0.540. The summed E-state index contributed by atoms with van der Waals surface area (Å²) < 4.78 is 1.95. The Balaban J connectivity index is 2.07. The van der Waals surface area contributed by atoms with E-state index >= 15 is 0 Å². The van der Waals surface area contributed by atoms with Crippen molar-refractivity contribution < 1.29 is 0 Å². The topological polar surface area (TPSA) is 29.9 Å². The molecule has 1 aromatic rings. The minimum atomic E-state index is 0.557. The van der Waals surface area contributed by atoms with E-state index in [-0.39, 0.29) is 0 Å². The first-order valence-corrected chi connectivity index (χ1v) is 7.51. The minimum absolute atomic E-state index is 0.557. The second-order valence-corrected chi connectivity index (χ2v) is 5.78. The second-order valence-electron chi connectivity index (χ2n) is 5.37. The van der Waals surface area contributed by atoms with Gasteiger partial charge < -0.3 is 5.32 Å². The van der Waals surface area contributed by atoms with Gasteiger partial charge in [-0.25, -0.2) is 0 Å². The molecule has 3 nitrogen and oxygen atoms in total. The van der Waals surface area contributed by atoms with Gasteiger partial charge in [-0.05, 0) is 32.2 Å². The molecular weight excluding hydrogens is 246 g/mol. The molecule has 0 radical (unpaired) electrons. The van der Waals surface area contributed by atoms with Gasteiger partial charge in [-0.1, -0.05) is 31.4 Å². The maximum Gasteiger partial charge on any atom is 0.0820 e. The zero-order chi connectivity index (χ0) is 13.0. The molecule has 2 atom stereocenters. The van der Waals surface area contributed by atoms with E-state index in [1.54, 1.807) is 6.20 Å². The Morgan fingerprint density at radius 3 is 2.89 bits per heavy atom. The summed E-state index contributed by atoms with van der Waals surface area (Å²) in [5.74, 6) is 0.557. The van der Waals surface area contributed by atoms with Crippen LogP contribution in [0.4, 0.5) is 0 Å². The predicted molar refractivity (Wildman–Crippen MR) is 76.1 cm³/mol. The Morgan fingerprint density at radius 1 is 1.44 bits per heavy atom. The number of hydrogen-bond donors (Lipinski definition) is 1. The fraction of sp³-hybridized carbons (Fsp3) is 0.786. The highest BCUT2D eigenvalue weighted by Gasteiger charge is 2.25. The standard InChI is InChI=1S/C14H24ClN3/c1-3-8-16-12-7-5-4-6-11(9-12)14-13(15)10-17-18(14)2/h10-12,16H,3-9H2,1-2H3. The average molecular weight is 270 g/mol. The Bertz CT molecular complexity index is 356.